The van der Waals surface area contributed by atoms with Crippen molar-refractivity contribution in [3.8, 4) is 11.4 Å². The molecule has 0 spiro atoms. The molecule has 0 unspecified atom stereocenters. The molecule has 0 saturated carbocycles. The Morgan fingerprint density at radius 2 is 1.67 bits per heavy atom. The molecule has 0 aliphatic heterocycles. The van der Waals surface area contributed by atoms with Crippen LogP contribution in [0.2, 0.25) is 5.02 Å². The lowest BCUT2D eigenvalue weighted by molar-refractivity contribution is -0.274. The Kier molecular flexibility index (Phi) is 9.17. The third kappa shape index (κ3) is 7.85. The number of aliphatic imine (C=N–C) groups is 2. The van der Waals surface area contributed by atoms with Gasteiger partial charge in [0, 0.05) is 16.6 Å². The summed E-state index contributed by atoms with van der Waals surface area (Å²) in [7, 11) is 0. The Morgan fingerprint density at radius 1 is 0.976 bits per heavy atom. The lowest BCUT2D eigenvalue weighted by atomic mass is 10.1. The number of benzene rings is 3. The minimum Gasteiger partial charge on any atom is -0.406 e. The van der Waals surface area contributed by atoms with E-state index in [-0.39, 0.29) is 27.1 Å². The molecule has 1 heterocycles. The highest BCUT2D eigenvalue weighted by atomic mass is 35.5. The fourth-order valence-corrected chi connectivity index (χ4v) is 4.63. The van der Waals surface area contributed by atoms with Crippen molar-refractivity contribution in [1.29, 1.82) is 0 Å². The van der Waals surface area contributed by atoms with Gasteiger partial charge in [0.1, 0.15) is 17.9 Å². The molecule has 4 aromatic rings. The lowest BCUT2D eigenvalue weighted by Gasteiger charge is -2.16. The molecule has 1 aromatic heterocycles. The molecule has 7 nitrogen and oxygen atoms in total. The SMILES string of the molecule is Cc1cs/c(=N/N=C\c2ccc(C(N)=NC=Nc3ccc(OC(F)(F)F)cc3)cc2)n1-c1c(Cl)cccc1C(F)(F)F. The number of rotatable bonds is 7. The molecule has 0 radical (unpaired) electrons. The average Bonchev–Trinajstić information content (AvgIpc) is 3.28. The Bertz CT molecular complexity index is 1710. The number of hydrogen-bond donors (Lipinski definition) is 1. The first-order chi connectivity index (χ1) is 19.8. The van der Waals surface area contributed by atoms with Crippen LogP contribution in [0.3, 0.4) is 0 Å². The molecule has 0 fully saturated rings. The maximum Gasteiger partial charge on any atom is 0.573 e. The van der Waals surface area contributed by atoms with Crippen molar-refractivity contribution in [2.75, 3.05) is 0 Å². The second-order valence-corrected chi connectivity index (χ2v) is 9.64. The predicted molar refractivity (Wildman–Crippen MR) is 150 cm³/mol. The first-order valence-corrected chi connectivity index (χ1v) is 13.0. The molecule has 0 bridgehead atoms. The molecule has 4 rings (SSSR count). The molecule has 0 saturated heterocycles. The van der Waals surface area contributed by atoms with Gasteiger partial charge >= 0.3 is 12.5 Å². The van der Waals surface area contributed by atoms with E-state index in [2.05, 4.69) is 24.9 Å². The topological polar surface area (TPSA) is 89.6 Å². The zero-order chi connectivity index (χ0) is 30.5. The fraction of sp³-hybridized carbons (Fsp3) is 0.111. The lowest BCUT2D eigenvalue weighted by Crippen LogP contribution is -2.19. The van der Waals surface area contributed by atoms with Crippen molar-refractivity contribution in [3.05, 3.63) is 104 Å². The largest absolute Gasteiger partial charge is 0.573 e. The van der Waals surface area contributed by atoms with Crippen molar-refractivity contribution in [2.45, 2.75) is 19.5 Å². The van der Waals surface area contributed by atoms with Crippen molar-refractivity contribution in [1.82, 2.24) is 4.57 Å². The van der Waals surface area contributed by atoms with Gasteiger partial charge < -0.3 is 10.5 Å². The van der Waals surface area contributed by atoms with Crippen molar-refractivity contribution in [3.63, 3.8) is 0 Å². The van der Waals surface area contributed by atoms with Crippen LogP contribution in [-0.4, -0.2) is 29.3 Å². The Hall–Kier alpha value is -4.43. The summed E-state index contributed by atoms with van der Waals surface area (Å²) in [6, 6.07) is 15.1. The summed E-state index contributed by atoms with van der Waals surface area (Å²) in [6.07, 6.45) is -6.83. The van der Waals surface area contributed by atoms with Crippen molar-refractivity contribution >= 4 is 47.0 Å². The van der Waals surface area contributed by atoms with Crippen LogP contribution < -0.4 is 15.3 Å². The molecule has 0 aliphatic rings. The van der Waals surface area contributed by atoms with Gasteiger partial charge in [-0.3, -0.25) is 4.57 Å². The fourth-order valence-electron chi connectivity index (χ4n) is 3.56. The van der Waals surface area contributed by atoms with Gasteiger partial charge in [0.05, 0.1) is 28.2 Å². The van der Waals surface area contributed by atoms with Gasteiger partial charge in [-0.05, 0) is 48.9 Å². The van der Waals surface area contributed by atoms with Crippen molar-refractivity contribution in [2.24, 2.45) is 25.9 Å². The van der Waals surface area contributed by atoms with E-state index in [1.165, 1.54) is 35.0 Å². The second kappa shape index (κ2) is 12.6. The number of alkyl halides is 6. The number of hydrogen-bond acceptors (Lipinski definition) is 5. The smallest absolute Gasteiger partial charge is 0.406 e. The molecule has 2 N–H and O–H groups in total. The zero-order valence-electron chi connectivity index (χ0n) is 21.4. The number of nitrogens with zero attached hydrogens (tertiary/aromatic N) is 5. The molecule has 218 valence electrons. The highest BCUT2D eigenvalue weighted by Crippen LogP contribution is 2.37. The predicted octanol–water partition coefficient (Wildman–Crippen LogP) is 7.42. The minimum absolute atomic E-state index is 0.0786. The van der Waals surface area contributed by atoms with E-state index >= 15 is 0 Å². The third-order valence-corrected chi connectivity index (χ3v) is 6.66. The normalized spacial score (nSPS) is 13.4. The number of thiazole rings is 1. The number of nitrogens with two attached hydrogens (primary N) is 1. The van der Waals surface area contributed by atoms with E-state index in [1.807, 2.05) is 0 Å². The summed E-state index contributed by atoms with van der Waals surface area (Å²) in [6.45, 7) is 1.64. The van der Waals surface area contributed by atoms with Gasteiger partial charge in [-0.2, -0.15) is 18.3 Å². The van der Waals surface area contributed by atoms with Gasteiger partial charge in [0.25, 0.3) is 0 Å². The molecule has 42 heavy (non-hydrogen) atoms. The van der Waals surface area contributed by atoms with Gasteiger partial charge in [0.15, 0.2) is 0 Å². The molecule has 15 heteroatoms. The van der Waals surface area contributed by atoms with E-state index in [4.69, 9.17) is 17.3 Å². The zero-order valence-corrected chi connectivity index (χ0v) is 22.9. The standard InChI is InChI=1S/C27H19ClF6N6OS/c1-16-14-42-25(40(16)23-21(26(29,30)31)3-2-4-22(23)28)39-38-13-17-5-7-18(8-6-17)24(35)37-15-36-19-9-11-20(12-10-19)41-27(32,33)34/h2-15H,1H3,(H2,35,36,37)/b38-13-,39-25+. The number of amidine groups is 1. The highest BCUT2D eigenvalue weighted by molar-refractivity contribution is 7.07. The van der Waals surface area contributed by atoms with Crippen LogP contribution >= 0.6 is 22.9 Å². The minimum atomic E-state index is -4.78. The highest BCUT2D eigenvalue weighted by Gasteiger charge is 2.35. The van der Waals surface area contributed by atoms with Crippen LogP contribution in [0.5, 0.6) is 5.75 Å². The maximum absolute atomic E-state index is 13.7. The van der Waals surface area contributed by atoms with E-state index in [0.717, 1.165) is 35.9 Å². The summed E-state index contributed by atoms with van der Waals surface area (Å²) in [5.41, 5.74) is 6.87. The molecule has 0 aliphatic carbocycles. The van der Waals surface area contributed by atoms with Gasteiger partial charge in [0.2, 0.25) is 4.80 Å². The summed E-state index contributed by atoms with van der Waals surface area (Å²) in [5, 5.41) is 9.71. The summed E-state index contributed by atoms with van der Waals surface area (Å²) in [5.74, 6) is -0.249. The number of aromatic nitrogens is 1. The number of aryl methyl sites for hydroxylation is 1. The van der Waals surface area contributed by atoms with Gasteiger partial charge in [-0.1, -0.05) is 41.9 Å². The van der Waals surface area contributed by atoms with Crippen LogP contribution in [0, 0.1) is 6.92 Å². The van der Waals surface area contributed by atoms with Crippen LogP contribution in [-0.2, 0) is 6.18 Å². The van der Waals surface area contributed by atoms with Crippen LogP contribution in [0.15, 0.2) is 92.3 Å². The molecule has 0 amide bonds. The molecular formula is C27H19ClF6N6OS. The van der Waals surface area contributed by atoms with E-state index in [1.54, 1.807) is 36.6 Å². The van der Waals surface area contributed by atoms with Crippen LogP contribution in [0.1, 0.15) is 22.4 Å². The Balaban J connectivity index is 1.48. The second-order valence-electron chi connectivity index (χ2n) is 8.40. The van der Waals surface area contributed by atoms with Crippen molar-refractivity contribution < 1.29 is 31.1 Å². The van der Waals surface area contributed by atoms with Crippen LogP contribution in [0.25, 0.3) is 5.69 Å². The quantitative estimate of drug-likeness (QED) is 0.100. The summed E-state index contributed by atoms with van der Waals surface area (Å²) >= 11 is 7.28. The van der Waals surface area contributed by atoms with Gasteiger partial charge in [-0.25, -0.2) is 9.98 Å². The van der Waals surface area contributed by atoms with E-state index in [9.17, 15) is 26.3 Å². The van der Waals surface area contributed by atoms with E-state index in [0.29, 0.717) is 22.5 Å². The molecular weight excluding hydrogens is 606 g/mol. The third-order valence-electron chi connectivity index (χ3n) is 5.43. The number of para-hydroxylation sites is 1. The Morgan fingerprint density at radius 3 is 2.31 bits per heavy atom. The average molecular weight is 625 g/mol. The van der Waals surface area contributed by atoms with E-state index < -0.39 is 18.1 Å². The van der Waals surface area contributed by atoms with Gasteiger partial charge in [-0.15, -0.1) is 29.6 Å². The molecule has 3 aromatic carbocycles. The maximum atomic E-state index is 13.7. The number of ether oxygens (including phenoxy) is 1. The van der Waals surface area contributed by atoms with Crippen LogP contribution in [0.4, 0.5) is 32.0 Å². The first kappa shape index (κ1) is 30.5. The summed E-state index contributed by atoms with van der Waals surface area (Å²) < 4.78 is 82.8. The monoisotopic (exact) mass is 624 g/mol. The number of halogens is 7. The first-order valence-electron chi connectivity index (χ1n) is 11.7. The summed E-state index contributed by atoms with van der Waals surface area (Å²) in [4.78, 5) is 8.23. The Labute approximate surface area is 243 Å². The molecule has 0 atom stereocenters.